The van der Waals surface area contributed by atoms with Crippen molar-refractivity contribution in [3.05, 3.63) is 48.2 Å². The number of alkyl halides is 3. The van der Waals surface area contributed by atoms with E-state index in [1.807, 2.05) is 0 Å². The summed E-state index contributed by atoms with van der Waals surface area (Å²) < 4.78 is 43.7. The molecule has 0 radical (unpaired) electrons. The van der Waals surface area contributed by atoms with Gasteiger partial charge in [-0.25, -0.2) is 9.97 Å². The summed E-state index contributed by atoms with van der Waals surface area (Å²) in [6, 6.07) is 5.44. The van der Waals surface area contributed by atoms with Crippen molar-refractivity contribution < 1.29 is 22.4 Å². The zero-order valence-corrected chi connectivity index (χ0v) is 15.1. The van der Waals surface area contributed by atoms with E-state index >= 15 is 0 Å². The molecule has 0 aromatic carbocycles. The largest absolute Gasteiger partial charge is 0.433 e. The van der Waals surface area contributed by atoms with Crippen LogP contribution in [0.5, 0.6) is 0 Å². The van der Waals surface area contributed by atoms with Crippen molar-refractivity contribution in [2.24, 2.45) is 0 Å². The molecule has 8 nitrogen and oxygen atoms in total. The Bertz CT molecular complexity index is 1050. The lowest BCUT2D eigenvalue weighted by Crippen LogP contribution is -2.32. The molecule has 4 rings (SSSR count). The summed E-state index contributed by atoms with van der Waals surface area (Å²) in [5.41, 5.74) is -0.836. The van der Waals surface area contributed by atoms with Gasteiger partial charge >= 0.3 is 6.18 Å². The Balaban J connectivity index is 1.62. The number of nitrogens with one attached hydrogen (secondary N) is 2. The lowest BCUT2D eigenvalue weighted by atomic mass is 9.89. The molecule has 0 aliphatic carbocycles. The van der Waals surface area contributed by atoms with Gasteiger partial charge in [-0.2, -0.15) is 13.2 Å². The molecule has 0 unspecified atom stereocenters. The van der Waals surface area contributed by atoms with Gasteiger partial charge < -0.3 is 15.1 Å². The van der Waals surface area contributed by atoms with E-state index < -0.39 is 17.3 Å². The number of rotatable bonds is 4. The highest BCUT2D eigenvalue weighted by molar-refractivity contribution is 5.88. The van der Waals surface area contributed by atoms with E-state index in [0.29, 0.717) is 30.0 Å². The summed E-state index contributed by atoms with van der Waals surface area (Å²) in [7, 11) is 0. The highest BCUT2D eigenvalue weighted by atomic mass is 19.4. The van der Waals surface area contributed by atoms with Crippen molar-refractivity contribution in [1.29, 1.82) is 0 Å². The third kappa shape index (κ3) is 3.50. The topological polar surface area (TPSA) is 106 Å². The van der Waals surface area contributed by atoms with Crippen LogP contribution in [0.15, 0.2) is 41.1 Å². The van der Waals surface area contributed by atoms with Crippen molar-refractivity contribution >= 4 is 17.3 Å². The summed E-state index contributed by atoms with van der Waals surface area (Å²) >= 11 is 0. The summed E-state index contributed by atoms with van der Waals surface area (Å²) in [5, 5.41) is 13.7. The Morgan fingerprint density at radius 1 is 1.21 bits per heavy atom. The van der Waals surface area contributed by atoms with Crippen LogP contribution in [0.2, 0.25) is 0 Å². The third-order valence-corrected chi connectivity index (χ3v) is 4.65. The van der Waals surface area contributed by atoms with Gasteiger partial charge in [0.1, 0.15) is 11.1 Å². The van der Waals surface area contributed by atoms with Crippen LogP contribution in [-0.2, 0) is 16.4 Å². The molecule has 1 aliphatic rings. The van der Waals surface area contributed by atoms with Crippen LogP contribution in [0.1, 0.15) is 24.9 Å². The van der Waals surface area contributed by atoms with E-state index in [-0.39, 0.29) is 17.7 Å². The fourth-order valence-electron chi connectivity index (χ4n) is 2.95. The average molecular weight is 404 g/mol. The lowest BCUT2D eigenvalue weighted by molar-refractivity contribution is -0.141. The second-order valence-corrected chi connectivity index (χ2v) is 6.70. The third-order valence-electron chi connectivity index (χ3n) is 4.65. The van der Waals surface area contributed by atoms with E-state index in [1.165, 1.54) is 12.3 Å². The van der Waals surface area contributed by atoms with Gasteiger partial charge in [-0.1, -0.05) is 0 Å². The van der Waals surface area contributed by atoms with E-state index in [4.69, 9.17) is 4.42 Å². The van der Waals surface area contributed by atoms with Gasteiger partial charge in [0.15, 0.2) is 5.69 Å². The highest BCUT2D eigenvalue weighted by Crippen LogP contribution is 2.34. The summed E-state index contributed by atoms with van der Waals surface area (Å²) in [5.74, 6) is 0.0714. The van der Waals surface area contributed by atoms with Crippen molar-refractivity contribution in [3.8, 4) is 11.6 Å². The zero-order valence-electron chi connectivity index (χ0n) is 15.1. The Morgan fingerprint density at radius 3 is 2.69 bits per heavy atom. The maximum atomic E-state index is 12.7. The van der Waals surface area contributed by atoms with E-state index in [2.05, 4.69) is 30.8 Å². The summed E-state index contributed by atoms with van der Waals surface area (Å²) in [4.78, 5) is 19.7. The van der Waals surface area contributed by atoms with E-state index in [9.17, 15) is 18.0 Å². The number of aromatic nitrogens is 4. The first kappa shape index (κ1) is 18.8. The van der Waals surface area contributed by atoms with Gasteiger partial charge in [0, 0.05) is 12.7 Å². The molecule has 1 atom stereocenters. The number of halogens is 3. The normalized spacial score (nSPS) is 19.2. The minimum absolute atomic E-state index is 0.0869. The highest BCUT2D eigenvalue weighted by Gasteiger charge is 2.44. The van der Waals surface area contributed by atoms with Crippen molar-refractivity contribution in [2.45, 2.75) is 24.9 Å². The molecular formula is C18H15F3N6O2. The van der Waals surface area contributed by atoms with Gasteiger partial charge in [0.2, 0.25) is 11.8 Å². The van der Waals surface area contributed by atoms with E-state index in [0.717, 1.165) is 12.3 Å². The number of hydrogen-bond acceptors (Lipinski definition) is 7. The van der Waals surface area contributed by atoms with Crippen LogP contribution in [-0.4, -0.2) is 32.6 Å². The summed E-state index contributed by atoms with van der Waals surface area (Å²) in [6.45, 7) is 2.24. The monoisotopic (exact) mass is 404 g/mol. The number of amides is 1. The minimum Gasteiger partial charge on any atom is -0.418 e. The Morgan fingerprint density at radius 2 is 2.03 bits per heavy atom. The average Bonchev–Trinajstić information content (AvgIpc) is 3.30. The fourth-order valence-corrected chi connectivity index (χ4v) is 2.95. The van der Waals surface area contributed by atoms with Crippen molar-refractivity contribution in [2.75, 3.05) is 11.9 Å². The SMILES string of the molecule is C[C@@]1(c2nnc(-c3ncccc3Nc3ccc(C(F)(F)F)nc3)o2)CCNC1=O. The molecule has 150 valence electrons. The number of carbonyl (C=O) groups excluding carboxylic acids is 1. The molecule has 11 heteroatoms. The minimum atomic E-state index is -4.51. The molecule has 1 fully saturated rings. The Labute approximate surface area is 162 Å². The second kappa shape index (κ2) is 6.83. The molecule has 3 aromatic heterocycles. The first-order valence-corrected chi connectivity index (χ1v) is 8.65. The van der Waals surface area contributed by atoms with Crippen molar-refractivity contribution in [3.63, 3.8) is 0 Å². The van der Waals surface area contributed by atoms with Crippen LogP contribution >= 0.6 is 0 Å². The maximum Gasteiger partial charge on any atom is 0.433 e. The molecule has 0 spiro atoms. The van der Waals surface area contributed by atoms with Crippen LogP contribution in [0.25, 0.3) is 11.6 Å². The van der Waals surface area contributed by atoms with Crippen LogP contribution in [0, 0.1) is 0 Å². The maximum absolute atomic E-state index is 12.7. The van der Waals surface area contributed by atoms with E-state index in [1.54, 1.807) is 19.1 Å². The van der Waals surface area contributed by atoms with Crippen LogP contribution in [0.4, 0.5) is 24.5 Å². The van der Waals surface area contributed by atoms with Gasteiger partial charge in [-0.3, -0.25) is 4.79 Å². The number of carbonyl (C=O) groups is 1. The van der Waals surface area contributed by atoms with Gasteiger partial charge in [-0.15, -0.1) is 10.2 Å². The number of pyridine rings is 2. The molecule has 1 aliphatic heterocycles. The predicted molar refractivity (Wildman–Crippen MR) is 95.0 cm³/mol. The molecule has 0 saturated carbocycles. The molecule has 29 heavy (non-hydrogen) atoms. The van der Waals surface area contributed by atoms with Gasteiger partial charge in [0.05, 0.1) is 17.6 Å². The first-order valence-electron chi connectivity index (χ1n) is 8.65. The van der Waals surface area contributed by atoms with Gasteiger partial charge in [-0.05, 0) is 37.6 Å². The molecule has 2 N–H and O–H groups in total. The number of nitrogens with zero attached hydrogens (tertiary/aromatic N) is 4. The molecule has 1 amide bonds. The summed E-state index contributed by atoms with van der Waals surface area (Å²) in [6.07, 6.45) is -1.40. The second-order valence-electron chi connectivity index (χ2n) is 6.70. The molecule has 3 aromatic rings. The van der Waals surface area contributed by atoms with Crippen LogP contribution < -0.4 is 10.6 Å². The first-order chi connectivity index (χ1) is 13.8. The van der Waals surface area contributed by atoms with Gasteiger partial charge in [0.25, 0.3) is 5.89 Å². The predicted octanol–water partition coefficient (Wildman–Crippen LogP) is 3.07. The Kier molecular flexibility index (Phi) is 4.44. The molecule has 4 heterocycles. The van der Waals surface area contributed by atoms with Crippen LogP contribution in [0.3, 0.4) is 0 Å². The standard InChI is InChI=1S/C18H15F3N6O2/c1-17(6-8-23-15(17)28)16-27-26-14(29-16)13-11(3-2-7-22-13)25-10-4-5-12(24-9-10)18(19,20)21/h2-5,7,9,25H,6,8H2,1H3,(H,23,28)/t17-/m1/s1. The molecular weight excluding hydrogens is 389 g/mol. The quantitative estimate of drug-likeness (QED) is 0.688. The zero-order chi connectivity index (χ0) is 20.6. The Hall–Kier alpha value is -3.50. The van der Waals surface area contributed by atoms with Crippen molar-refractivity contribution in [1.82, 2.24) is 25.5 Å². The number of hydrogen-bond donors (Lipinski definition) is 2. The number of anilines is 2. The smallest absolute Gasteiger partial charge is 0.418 e. The molecule has 0 bridgehead atoms. The fraction of sp³-hybridized carbons (Fsp3) is 0.278. The lowest BCUT2D eigenvalue weighted by Gasteiger charge is -2.14. The molecule has 1 saturated heterocycles.